The lowest BCUT2D eigenvalue weighted by molar-refractivity contribution is -0.131. The molecule has 20 heavy (non-hydrogen) atoms. The fraction of sp³-hybridized carbons (Fsp3) is 0.500. The minimum atomic E-state index is -0.826. The SMILES string of the molecule is CCN(C)C(=O)COc1c(F)cc(CC(C)N)cc1F. The van der Waals surface area contributed by atoms with Crippen LogP contribution in [-0.2, 0) is 11.2 Å². The van der Waals surface area contributed by atoms with Gasteiger partial charge in [-0.1, -0.05) is 0 Å². The summed E-state index contributed by atoms with van der Waals surface area (Å²) in [6, 6.07) is 2.16. The second-order valence-electron chi connectivity index (χ2n) is 4.77. The molecule has 1 rings (SSSR count). The average molecular weight is 286 g/mol. The number of benzene rings is 1. The molecule has 1 aromatic carbocycles. The van der Waals surface area contributed by atoms with E-state index in [9.17, 15) is 13.6 Å². The van der Waals surface area contributed by atoms with Gasteiger partial charge in [-0.3, -0.25) is 4.79 Å². The van der Waals surface area contributed by atoms with E-state index in [0.29, 0.717) is 18.5 Å². The van der Waals surface area contributed by atoms with E-state index >= 15 is 0 Å². The first-order chi connectivity index (χ1) is 9.35. The van der Waals surface area contributed by atoms with Crippen LogP contribution in [0.2, 0.25) is 0 Å². The van der Waals surface area contributed by atoms with E-state index in [1.54, 1.807) is 20.9 Å². The van der Waals surface area contributed by atoms with Gasteiger partial charge in [-0.15, -0.1) is 0 Å². The van der Waals surface area contributed by atoms with Crippen molar-refractivity contribution in [3.63, 3.8) is 0 Å². The quantitative estimate of drug-likeness (QED) is 0.866. The summed E-state index contributed by atoms with van der Waals surface area (Å²) in [4.78, 5) is 12.9. The molecule has 0 saturated heterocycles. The zero-order valence-electron chi connectivity index (χ0n) is 12.0. The standard InChI is InChI=1S/C14H20F2N2O2/c1-4-18(3)13(19)8-20-14-11(15)6-10(5-9(2)17)7-12(14)16/h6-7,9H,4-5,8,17H2,1-3H3. The fourth-order valence-electron chi connectivity index (χ4n) is 1.66. The van der Waals surface area contributed by atoms with Crippen LogP contribution in [0, 0.1) is 11.6 Å². The molecule has 112 valence electrons. The molecule has 0 aliphatic heterocycles. The van der Waals surface area contributed by atoms with Crippen LogP contribution < -0.4 is 10.5 Å². The smallest absolute Gasteiger partial charge is 0.260 e. The van der Waals surface area contributed by atoms with Crippen molar-refractivity contribution in [3.05, 3.63) is 29.3 Å². The monoisotopic (exact) mass is 286 g/mol. The molecule has 0 saturated carbocycles. The molecule has 2 N–H and O–H groups in total. The Balaban J connectivity index is 2.79. The van der Waals surface area contributed by atoms with E-state index in [2.05, 4.69) is 0 Å². The highest BCUT2D eigenvalue weighted by Gasteiger charge is 2.16. The molecule has 1 amide bonds. The van der Waals surface area contributed by atoms with Gasteiger partial charge >= 0.3 is 0 Å². The van der Waals surface area contributed by atoms with Crippen molar-refractivity contribution >= 4 is 5.91 Å². The highest BCUT2D eigenvalue weighted by atomic mass is 19.1. The Hall–Kier alpha value is -1.69. The summed E-state index contributed by atoms with van der Waals surface area (Å²) >= 11 is 0. The molecule has 0 aromatic heterocycles. The first-order valence-electron chi connectivity index (χ1n) is 6.45. The summed E-state index contributed by atoms with van der Waals surface area (Å²) in [7, 11) is 1.59. The van der Waals surface area contributed by atoms with Crippen LogP contribution in [0.15, 0.2) is 12.1 Å². The van der Waals surface area contributed by atoms with Gasteiger partial charge in [0.15, 0.2) is 24.0 Å². The van der Waals surface area contributed by atoms with Gasteiger partial charge in [-0.05, 0) is 38.0 Å². The largest absolute Gasteiger partial charge is 0.478 e. The Labute approximate surface area is 117 Å². The average Bonchev–Trinajstić information content (AvgIpc) is 2.35. The van der Waals surface area contributed by atoms with Crippen molar-refractivity contribution in [1.82, 2.24) is 4.90 Å². The van der Waals surface area contributed by atoms with E-state index in [0.717, 1.165) is 0 Å². The van der Waals surface area contributed by atoms with Gasteiger partial charge in [-0.25, -0.2) is 8.78 Å². The Kier molecular flexibility index (Phi) is 5.88. The molecule has 4 nitrogen and oxygen atoms in total. The van der Waals surface area contributed by atoms with Crippen molar-refractivity contribution in [2.45, 2.75) is 26.3 Å². The van der Waals surface area contributed by atoms with Crippen LogP contribution >= 0.6 is 0 Å². The molecule has 0 heterocycles. The number of nitrogens with zero attached hydrogens (tertiary/aromatic N) is 1. The number of rotatable bonds is 6. The molecule has 0 aliphatic carbocycles. The van der Waals surface area contributed by atoms with Crippen molar-refractivity contribution in [3.8, 4) is 5.75 Å². The van der Waals surface area contributed by atoms with Crippen LogP contribution in [0.5, 0.6) is 5.75 Å². The minimum Gasteiger partial charge on any atom is -0.478 e. The lowest BCUT2D eigenvalue weighted by atomic mass is 10.1. The van der Waals surface area contributed by atoms with E-state index < -0.39 is 24.0 Å². The van der Waals surface area contributed by atoms with E-state index in [1.807, 2.05) is 0 Å². The van der Waals surface area contributed by atoms with Gasteiger partial charge in [0.1, 0.15) is 0 Å². The molecule has 1 aromatic rings. The zero-order valence-corrected chi connectivity index (χ0v) is 12.0. The summed E-state index contributed by atoms with van der Waals surface area (Å²) in [5.74, 6) is -2.53. The van der Waals surface area contributed by atoms with Crippen LogP contribution in [0.3, 0.4) is 0 Å². The van der Waals surface area contributed by atoms with Gasteiger partial charge in [0.2, 0.25) is 0 Å². The summed E-state index contributed by atoms with van der Waals surface area (Å²) in [6.07, 6.45) is 0.367. The van der Waals surface area contributed by atoms with Gasteiger partial charge < -0.3 is 15.4 Å². The van der Waals surface area contributed by atoms with Crippen molar-refractivity contribution < 1.29 is 18.3 Å². The van der Waals surface area contributed by atoms with Crippen LogP contribution in [0.4, 0.5) is 8.78 Å². The van der Waals surface area contributed by atoms with Crippen molar-refractivity contribution in [2.75, 3.05) is 20.2 Å². The Morgan fingerprint density at radius 3 is 2.40 bits per heavy atom. The number of amides is 1. The number of halogens is 2. The van der Waals surface area contributed by atoms with Crippen LogP contribution in [-0.4, -0.2) is 37.0 Å². The molecule has 0 spiro atoms. The van der Waals surface area contributed by atoms with E-state index in [4.69, 9.17) is 10.5 Å². The minimum absolute atomic E-state index is 0.194. The van der Waals surface area contributed by atoms with E-state index in [-0.39, 0.29) is 11.9 Å². The Morgan fingerprint density at radius 1 is 1.40 bits per heavy atom. The topological polar surface area (TPSA) is 55.6 Å². The van der Waals surface area contributed by atoms with Crippen LogP contribution in [0.1, 0.15) is 19.4 Å². The molecule has 0 bridgehead atoms. The maximum absolute atomic E-state index is 13.8. The summed E-state index contributed by atoms with van der Waals surface area (Å²) < 4.78 is 32.5. The number of nitrogens with two attached hydrogens (primary N) is 1. The molecule has 1 unspecified atom stereocenters. The molecular weight excluding hydrogens is 266 g/mol. The lowest BCUT2D eigenvalue weighted by Crippen LogP contribution is -2.31. The molecule has 0 aliphatic rings. The van der Waals surface area contributed by atoms with E-state index in [1.165, 1.54) is 17.0 Å². The van der Waals surface area contributed by atoms with Gasteiger partial charge in [0.25, 0.3) is 5.91 Å². The molecular formula is C14H20F2N2O2. The maximum Gasteiger partial charge on any atom is 0.260 e. The number of carbonyl (C=O) groups is 1. The van der Waals surface area contributed by atoms with Crippen molar-refractivity contribution in [2.24, 2.45) is 5.73 Å². The third kappa shape index (κ3) is 4.45. The molecule has 6 heteroatoms. The summed E-state index contributed by atoms with van der Waals surface area (Å²) in [5.41, 5.74) is 6.04. The first kappa shape index (κ1) is 16.4. The number of hydrogen-bond acceptors (Lipinski definition) is 3. The predicted octanol–water partition coefficient (Wildman–Crippen LogP) is 1.71. The number of hydrogen-bond donors (Lipinski definition) is 1. The third-order valence-electron chi connectivity index (χ3n) is 2.86. The molecule has 1 atom stereocenters. The zero-order chi connectivity index (χ0) is 15.3. The first-order valence-corrected chi connectivity index (χ1v) is 6.45. The number of ether oxygens (including phenoxy) is 1. The fourth-order valence-corrected chi connectivity index (χ4v) is 1.66. The van der Waals surface area contributed by atoms with Crippen molar-refractivity contribution in [1.29, 1.82) is 0 Å². The second-order valence-corrected chi connectivity index (χ2v) is 4.77. The van der Waals surface area contributed by atoms with Crippen LogP contribution in [0.25, 0.3) is 0 Å². The normalized spacial score (nSPS) is 12.1. The molecule has 0 fully saturated rings. The van der Waals surface area contributed by atoms with Gasteiger partial charge in [0, 0.05) is 19.6 Å². The highest BCUT2D eigenvalue weighted by molar-refractivity contribution is 5.77. The molecule has 0 radical (unpaired) electrons. The summed E-state index contributed by atoms with van der Waals surface area (Å²) in [6.45, 7) is 3.65. The predicted molar refractivity (Wildman–Crippen MR) is 72.5 cm³/mol. The summed E-state index contributed by atoms with van der Waals surface area (Å²) in [5, 5.41) is 0. The highest BCUT2D eigenvalue weighted by Crippen LogP contribution is 2.24. The number of carbonyl (C=O) groups excluding carboxylic acids is 1. The number of likely N-dealkylation sites (N-methyl/N-ethyl adjacent to an activating group) is 1. The maximum atomic E-state index is 13.8. The van der Waals surface area contributed by atoms with Gasteiger partial charge in [0.05, 0.1) is 0 Å². The Bertz CT molecular complexity index is 455. The third-order valence-corrected chi connectivity index (χ3v) is 2.86. The lowest BCUT2D eigenvalue weighted by Gasteiger charge is -2.15. The second kappa shape index (κ2) is 7.19. The Morgan fingerprint density at radius 2 is 1.95 bits per heavy atom. The van der Waals surface area contributed by atoms with Gasteiger partial charge in [-0.2, -0.15) is 0 Å².